The fourth-order valence-electron chi connectivity index (χ4n) is 4.07. The highest BCUT2D eigenvalue weighted by Gasteiger charge is 2.25. The first kappa shape index (κ1) is 26.1. The Morgan fingerprint density at radius 2 is 1.23 bits per heavy atom. The minimum Gasteiger partial charge on any atom is -0.463 e. The number of rotatable bonds is 14. The van der Waals surface area contributed by atoms with Gasteiger partial charge in [-0.2, -0.15) is 8.42 Å². The maximum Gasteiger partial charge on any atom is 0.451 e. The molecule has 2 aliphatic rings. The predicted molar refractivity (Wildman–Crippen MR) is 114 cm³/mol. The van der Waals surface area contributed by atoms with Gasteiger partial charge in [-0.25, -0.2) is 4.18 Å². The molecule has 2 rings (SSSR count). The summed E-state index contributed by atoms with van der Waals surface area (Å²) in [6, 6.07) is 0. The van der Waals surface area contributed by atoms with Crippen LogP contribution in [0.4, 0.5) is 0 Å². The molecular weight excluding hydrogens is 424 g/mol. The first-order valence-electron chi connectivity index (χ1n) is 11.9. The summed E-state index contributed by atoms with van der Waals surface area (Å²) < 4.78 is 44.0. The molecule has 0 N–H and O–H groups in total. The van der Waals surface area contributed by atoms with Crippen molar-refractivity contribution in [1.29, 1.82) is 0 Å². The van der Waals surface area contributed by atoms with Gasteiger partial charge in [-0.1, -0.05) is 51.4 Å². The molecule has 0 radical (unpaired) electrons. The standard InChI is InChI=1S/C22H38O8S/c23-21(28-18-17-27-19-11-5-3-6-12-19)15-9-1-2-10-16-22(24)30-31(25,26)29-20-13-7-4-8-14-20/h19-20H,1-18H2. The third kappa shape index (κ3) is 12.4. The van der Waals surface area contributed by atoms with Crippen molar-refractivity contribution in [2.75, 3.05) is 13.2 Å². The van der Waals surface area contributed by atoms with E-state index in [1.807, 2.05) is 0 Å². The van der Waals surface area contributed by atoms with Crippen molar-refractivity contribution in [3.63, 3.8) is 0 Å². The molecule has 0 aromatic rings. The lowest BCUT2D eigenvalue weighted by Gasteiger charge is -2.21. The summed E-state index contributed by atoms with van der Waals surface area (Å²) in [6.07, 6.45) is 13.1. The summed E-state index contributed by atoms with van der Waals surface area (Å²) in [4.78, 5) is 23.5. The van der Waals surface area contributed by atoms with Gasteiger partial charge in [-0.15, -0.1) is 0 Å². The van der Waals surface area contributed by atoms with Crippen LogP contribution >= 0.6 is 0 Å². The summed E-state index contributed by atoms with van der Waals surface area (Å²) >= 11 is 0. The largest absolute Gasteiger partial charge is 0.463 e. The van der Waals surface area contributed by atoms with Crippen LogP contribution < -0.4 is 0 Å². The van der Waals surface area contributed by atoms with E-state index >= 15 is 0 Å². The number of esters is 1. The van der Waals surface area contributed by atoms with E-state index in [0.717, 1.165) is 38.5 Å². The molecule has 0 aromatic heterocycles. The van der Waals surface area contributed by atoms with Crippen molar-refractivity contribution in [2.45, 2.75) is 115 Å². The lowest BCUT2D eigenvalue weighted by molar-refractivity contribution is -0.146. The molecule has 0 saturated heterocycles. The average Bonchev–Trinajstić information content (AvgIpc) is 2.74. The topological polar surface area (TPSA) is 105 Å². The van der Waals surface area contributed by atoms with Crippen molar-refractivity contribution in [2.24, 2.45) is 0 Å². The van der Waals surface area contributed by atoms with Gasteiger partial charge in [0.2, 0.25) is 0 Å². The summed E-state index contributed by atoms with van der Waals surface area (Å²) in [5.74, 6) is -1.04. The van der Waals surface area contributed by atoms with E-state index in [1.165, 1.54) is 19.3 Å². The Morgan fingerprint density at radius 3 is 1.84 bits per heavy atom. The van der Waals surface area contributed by atoms with Gasteiger partial charge in [0.1, 0.15) is 6.61 Å². The van der Waals surface area contributed by atoms with E-state index < -0.39 is 16.4 Å². The number of carbonyl (C=O) groups is 2. The van der Waals surface area contributed by atoms with Gasteiger partial charge < -0.3 is 13.7 Å². The van der Waals surface area contributed by atoms with E-state index in [0.29, 0.717) is 57.8 Å². The minimum absolute atomic E-state index is 0.0101. The molecule has 8 nitrogen and oxygen atoms in total. The SMILES string of the molecule is O=C(CCCCCCC(=O)OS(=O)(=O)OC1CCCCC1)OCCOC1CCCCC1. The monoisotopic (exact) mass is 462 g/mol. The zero-order valence-corrected chi connectivity index (χ0v) is 19.4. The van der Waals surface area contributed by atoms with Crippen molar-refractivity contribution in [3.8, 4) is 0 Å². The highest BCUT2D eigenvalue weighted by Crippen LogP contribution is 2.22. The first-order chi connectivity index (χ1) is 14.9. The zero-order valence-electron chi connectivity index (χ0n) is 18.6. The van der Waals surface area contributed by atoms with E-state index in [1.54, 1.807) is 0 Å². The normalized spacial score (nSPS) is 18.6. The molecule has 0 heterocycles. The summed E-state index contributed by atoms with van der Waals surface area (Å²) in [5.41, 5.74) is 0. The molecule has 180 valence electrons. The minimum atomic E-state index is -4.28. The molecule has 0 aromatic carbocycles. The second-order valence-corrected chi connectivity index (χ2v) is 9.66. The Balaban J connectivity index is 1.42. The second-order valence-electron chi connectivity index (χ2n) is 8.49. The van der Waals surface area contributed by atoms with E-state index in [2.05, 4.69) is 4.18 Å². The molecule has 0 amide bonds. The van der Waals surface area contributed by atoms with Gasteiger partial charge in [0, 0.05) is 12.8 Å². The van der Waals surface area contributed by atoms with Crippen LogP contribution in [0.5, 0.6) is 0 Å². The van der Waals surface area contributed by atoms with E-state index in [-0.39, 0.29) is 18.5 Å². The van der Waals surface area contributed by atoms with Gasteiger partial charge >= 0.3 is 22.3 Å². The Kier molecular flexibility index (Phi) is 12.4. The lowest BCUT2D eigenvalue weighted by Crippen LogP contribution is -2.24. The summed E-state index contributed by atoms with van der Waals surface area (Å²) in [6.45, 7) is 0.741. The van der Waals surface area contributed by atoms with Crippen LogP contribution in [0, 0.1) is 0 Å². The van der Waals surface area contributed by atoms with Crippen molar-refractivity contribution < 1.29 is 35.8 Å². The van der Waals surface area contributed by atoms with Gasteiger partial charge in [-0.05, 0) is 38.5 Å². The van der Waals surface area contributed by atoms with Crippen molar-refractivity contribution >= 4 is 22.3 Å². The summed E-state index contributed by atoms with van der Waals surface area (Å²) in [5, 5.41) is 0. The Morgan fingerprint density at radius 1 is 0.677 bits per heavy atom. The highest BCUT2D eigenvalue weighted by molar-refractivity contribution is 7.82. The fourth-order valence-corrected chi connectivity index (χ4v) is 4.95. The quantitative estimate of drug-likeness (QED) is 0.277. The third-order valence-corrected chi connectivity index (χ3v) is 6.66. The van der Waals surface area contributed by atoms with Crippen LogP contribution in [0.25, 0.3) is 0 Å². The lowest BCUT2D eigenvalue weighted by atomic mass is 9.98. The molecule has 9 heteroatoms. The third-order valence-electron chi connectivity index (χ3n) is 5.77. The van der Waals surface area contributed by atoms with Crippen LogP contribution in [0.2, 0.25) is 0 Å². The Hall–Kier alpha value is -1.19. The number of hydrogen-bond donors (Lipinski definition) is 0. The molecular formula is C22H38O8S. The maximum absolute atomic E-state index is 11.8. The van der Waals surface area contributed by atoms with Crippen LogP contribution in [-0.2, 0) is 37.8 Å². The number of ether oxygens (including phenoxy) is 2. The average molecular weight is 463 g/mol. The molecule has 0 spiro atoms. The second kappa shape index (κ2) is 14.8. The molecule has 0 atom stereocenters. The Bertz CT molecular complexity index is 621. The smallest absolute Gasteiger partial charge is 0.451 e. The molecule has 2 saturated carbocycles. The molecule has 0 unspecified atom stereocenters. The van der Waals surface area contributed by atoms with Crippen molar-refractivity contribution in [1.82, 2.24) is 0 Å². The molecule has 2 aliphatic carbocycles. The molecule has 31 heavy (non-hydrogen) atoms. The van der Waals surface area contributed by atoms with Gasteiger partial charge in [0.05, 0.1) is 18.8 Å². The van der Waals surface area contributed by atoms with E-state index in [9.17, 15) is 18.0 Å². The first-order valence-corrected chi connectivity index (χ1v) is 13.2. The fraction of sp³-hybridized carbons (Fsp3) is 0.909. The Labute approximate surface area is 186 Å². The maximum atomic E-state index is 11.8. The summed E-state index contributed by atoms with van der Waals surface area (Å²) in [7, 11) is -4.28. The zero-order chi connectivity index (χ0) is 22.4. The molecule has 0 bridgehead atoms. The van der Waals surface area contributed by atoms with Crippen LogP contribution in [0.3, 0.4) is 0 Å². The molecule has 2 fully saturated rings. The van der Waals surface area contributed by atoms with Crippen LogP contribution in [0.1, 0.15) is 103 Å². The van der Waals surface area contributed by atoms with Gasteiger partial charge in [0.25, 0.3) is 0 Å². The number of hydrogen-bond acceptors (Lipinski definition) is 8. The molecule has 0 aliphatic heterocycles. The van der Waals surface area contributed by atoms with E-state index in [4.69, 9.17) is 13.7 Å². The van der Waals surface area contributed by atoms with Crippen LogP contribution in [0.15, 0.2) is 0 Å². The highest BCUT2D eigenvalue weighted by atomic mass is 32.3. The number of unbranched alkanes of at least 4 members (excludes halogenated alkanes) is 3. The van der Waals surface area contributed by atoms with Gasteiger partial charge in [0.15, 0.2) is 0 Å². The predicted octanol–water partition coefficient (Wildman–Crippen LogP) is 4.36. The number of carbonyl (C=O) groups excluding carboxylic acids is 2. The van der Waals surface area contributed by atoms with Gasteiger partial charge in [-0.3, -0.25) is 9.59 Å². The van der Waals surface area contributed by atoms with Crippen LogP contribution in [-0.4, -0.2) is 45.8 Å². The van der Waals surface area contributed by atoms with Crippen molar-refractivity contribution in [3.05, 3.63) is 0 Å².